The Bertz CT molecular complexity index is 378. The summed E-state index contributed by atoms with van der Waals surface area (Å²) in [6, 6.07) is 3.92. The number of ether oxygens (including phenoxy) is 1. The Morgan fingerprint density at radius 3 is 3.21 bits per heavy atom. The summed E-state index contributed by atoms with van der Waals surface area (Å²) in [7, 11) is 0. The van der Waals surface area contributed by atoms with Gasteiger partial charge in [0.15, 0.2) is 0 Å². The van der Waals surface area contributed by atoms with Crippen molar-refractivity contribution in [3.05, 3.63) is 30.1 Å². The molecule has 5 nitrogen and oxygen atoms in total. The summed E-state index contributed by atoms with van der Waals surface area (Å²) in [5.74, 6) is 0.0780. The van der Waals surface area contributed by atoms with Crippen molar-refractivity contribution in [1.82, 2.24) is 15.6 Å². The molecule has 0 aromatic carbocycles. The Morgan fingerprint density at radius 1 is 1.53 bits per heavy atom. The minimum absolute atomic E-state index is 0.0780. The summed E-state index contributed by atoms with van der Waals surface area (Å²) in [6.07, 6.45) is 6.44. The molecular weight excluding hydrogens is 242 g/mol. The van der Waals surface area contributed by atoms with E-state index in [4.69, 9.17) is 4.74 Å². The zero-order valence-corrected chi connectivity index (χ0v) is 11.1. The second kappa shape index (κ2) is 7.86. The van der Waals surface area contributed by atoms with E-state index in [-0.39, 0.29) is 12.0 Å². The molecule has 1 aliphatic heterocycles. The first-order valence-electron chi connectivity index (χ1n) is 6.82. The summed E-state index contributed by atoms with van der Waals surface area (Å²) in [5, 5.41) is 6.14. The molecule has 1 aromatic heterocycles. The van der Waals surface area contributed by atoms with Crippen LogP contribution in [0.3, 0.4) is 0 Å². The molecule has 1 aromatic rings. The number of hydrogen-bond donors (Lipinski definition) is 2. The number of nitrogens with one attached hydrogen (secondary N) is 2. The van der Waals surface area contributed by atoms with Gasteiger partial charge in [-0.3, -0.25) is 9.78 Å². The van der Waals surface area contributed by atoms with E-state index in [9.17, 15) is 4.79 Å². The summed E-state index contributed by atoms with van der Waals surface area (Å²) in [5.41, 5.74) is 1.13. The maximum absolute atomic E-state index is 11.6. The van der Waals surface area contributed by atoms with Crippen molar-refractivity contribution in [3.8, 4) is 0 Å². The first-order chi connectivity index (χ1) is 9.34. The second-order valence-corrected chi connectivity index (χ2v) is 4.73. The van der Waals surface area contributed by atoms with Crippen molar-refractivity contribution in [1.29, 1.82) is 0 Å². The molecule has 1 aliphatic rings. The molecule has 0 saturated carbocycles. The molecule has 1 atom stereocenters. The molecule has 0 spiro atoms. The highest BCUT2D eigenvalue weighted by molar-refractivity contribution is 5.76. The van der Waals surface area contributed by atoms with Crippen molar-refractivity contribution in [3.63, 3.8) is 0 Å². The Kier molecular flexibility index (Phi) is 5.78. The molecule has 1 fully saturated rings. The van der Waals surface area contributed by atoms with Crippen LogP contribution in [0.5, 0.6) is 0 Å². The highest BCUT2D eigenvalue weighted by atomic mass is 16.5. The lowest BCUT2D eigenvalue weighted by atomic mass is 10.2. The number of aromatic nitrogens is 1. The molecule has 2 rings (SSSR count). The maximum atomic E-state index is 11.6. The highest BCUT2D eigenvalue weighted by Gasteiger charge is 2.15. The van der Waals surface area contributed by atoms with Crippen LogP contribution >= 0.6 is 0 Å². The molecule has 1 saturated heterocycles. The van der Waals surface area contributed by atoms with Crippen LogP contribution in [-0.4, -0.2) is 36.7 Å². The zero-order chi connectivity index (χ0) is 13.3. The van der Waals surface area contributed by atoms with Gasteiger partial charge in [0.1, 0.15) is 0 Å². The second-order valence-electron chi connectivity index (χ2n) is 4.73. The van der Waals surface area contributed by atoms with Gasteiger partial charge in [-0.25, -0.2) is 0 Å². The van der Waals surface area contributed by atoms with Gasteiger partial charge in [-0.1, -0.05) is 6.07 Å². The van der Waals surface area contributed by atoms with Crippen molar-refractivity contribution >= 4 is 5.91 Å². The fourth-order valence-electron chi connectivity index (χ4n) is 2.06. The molecule has 2 heterocycles. The van der Waals surface area contributed by atoms with Gasteiger partial charge in [-0.2, -0.15) is 0 Å². The zero-order valence-electron chi connectivity index (χ0n) is 11.1. The van der Waals surface area contributed by atoms with Crippen LogP contribution in [0.25, 0.3) is 0 Å². The third kappa shape index (κ3) is 5.36. The molecule has 0 aliphatic carbocycles. The number of amides is 1. The largest absolute Gasteiger partial charge is 0.376 e. The number of hydrogen-bond acceptors (Lipinski definition) is 4. The van der Waals surface area contributed by atoms with E-state index in [0.29, 0.717) is 19.5 Å². The van der Waals surface area contributed by atoms with Crippen LogP contribution in [0.2, 0.25) is 0 Å². The molecule has 19 heavy (non-hydrogen) atoms. The van der Waals surface area contributed by atoms with Gasteiger partial charge in [-0.15, -0.1) is 0 Å². The SMILES string of the molecule is O=C(CCNCc1cccnc1)NCC1CCCO1. The van der Waals surface area contributed by atoms with E-state index >= 15 is 0 Å². The number of pyridine rings is 1. The molecular formula is C14H21N3O2. The van der Waals surface area contributed by atoms with Gasteiger partial charge in [0, 0.05) is 45.1 Å². The third-order valence-electron chi connectivity index (χ3n) is 3.13. The monoisotopic (exact) mass is 263 g/mol. The van der Waals surface area contributed by atoms with E-state index in [1.165, 1.54) is 0 Å². The summed E-state index contributed by atoms with van der Waals surface area (Å²) >= 11 is 0. The summed E-state index contributed by atoms with van der Waals surface area (Å²) in [4.78, 5) is 15.6. The van der Waals surface area contributed by atoms with E-state index in [1.54, 1.807) is 6.20 Å². The lowest BCUT2D eigenvalue weighted by Gasteiger charge is -2.11. The normalized spacial score (nSPS) is 18.4. The van der Waals surface area contributed by atoms with Crippen LogP contribution in [0.15, 0.2) is 24.5 Å². The Morgan fingerprint density at radius 2 is 2.47 bits per heavy atom. The molecule has 1 amide bonds. The van der Waals surface area contributed by atoms with Crippen LogP contribution in [0.4, 0.5) is 0 Å². The van der Waals surface area contributed by atoms with Gasteiger partial charge >= 0.3 is 0 Å². The molecule has 0 bridgehead atoms. The highest BCUT2D eigenvalue weighted by Crippen LogP contribution is 2.10. The Labute approximate surface area is 113 Å². The van der Waals surface area contributed by atoms with Crippen molar-refractivity contribution in [2.75, 3.05) is 19.7 Å². The smallest absolute Gasteiger partial charge is 0.221 e. The first kappa shape index (κ1) is 14.0. The lowest BCUT2D eigenvalue weighted by molar-refractivity contribution is -0.121. The average Bonchev–Trinajstić information content (AvgIpc) is 2.96. The Balaban J connectivity index is 1.51. The van der Waals surface area contributed by atoms with Gasteiger partial charge in [0.2, 0.25) is 5.91 Å². The van der Waals surface area contributed by atoms with E-state index in [0.717, 1.165) is 31.6 Å². The quantitative estimate of drug-likeness (QED) is 0.716. The summed E-state index contributed by atoms with van der Waals surface area (Å²) < 4.78 is 5.45. The predicted molar refractivity (Wildman–Crippen MR) is 72.5 cm³/mol. The predicted octanol–water partition coefficient (Wildman–Crippen LogP) is 0.856. The average molecular weight is 263 g/mol. The molecule has 0 radical (unpaired) electrons. The molecule has 5 heteroatoms. The number of carbonyl (C=O) groups excluding carboxylic acids is 1. The fraction of sp³-hybridized carbons (Fsp3) is 0.571. The number of nitrogens with zero attached hydrogens (tertiary/aromatic N) is 1. The Hall–Kier alpha value is -1.46. The van der Waals surface area contributed by atoms with Crippen LogP contribution in [0.1, 0.15) is 24.8 Å². The van der Waals surface area contributed by atoms with E-state index in [2.05, 4.69) is 15.6 Å². The van der Waals surface area contributed by atoms with Gasteiger partial charge < -0.3 is 15.4 Å². The maximum Gasteiger partial charge on any atom is 0.221 e. The number of rotatable bonds is 7. The lowest BCUT2D eigenvalue weighted by Crippen LogP contribution is -2.33. The van der Waals surface area contributed by atoms with Crippen LogP contribution < -0.4 is 10.6 Å². The van der Waals surface area contributed by atoms with E-state index in [1.807, 2.05) is 18.3 Å². The van der Waals surface area contributed by atoms with Crippen LogP contribution in [0, 0.1) is 0 Å². The van der Waals surface area contributed by atoms with Crippen molar-refractivity contribution in [2.45, 2.75) is 31.9 Å². The minimum Gasteiger partial charge on any atom is -0.376 e. The van der Waals surface area contributed by atoms with Crippen molar-refractivity contribution < 1.29 is 9.53 Å². The minimum atomic E-state index is 0.0780. The molecule has 1 unspecified atom stereocenters. The first-order valence-corrected chi connectivity index (χ1v) is 6.82. The van der Waals surface area contributed by atoms with Gasteiger partial charge in [0.25, 0.3) is 0 Å². The topological polar surface area (TPSA) is 63.2 Å². The fourth-order valence-corrected chi connectivity index (χ4v) is 2.06. The number of carbonyl (C=O) groups is 1. The van der Waals surface area contributed by atoms with Crippen LogP contribution in [-0.2, 0) is 16.1 Å². The molecule has 104 valence electrons. The van der Waals surface area contributed by atoms with Gasteiger partial charge in [0.05, 0.1) is 6.10 Å². The van der Waals surface area contributed by atoms with Gasteiger partial charge in [-0.05, 0) is 24.5 Å². The third-order valence-corrected chi connectivity index (χ3v) is 3.13. The molecule has 2 N–H and O–H groups in total. The van der Waals surface area contributed by atoms with Crippen molar-refractivity contribution in [2.24, 2.45) is 0 Å². The summed E-state index contributed by atoms with van der Waals surface area (Å²) in [6.45, 7) is 2.88. The standard InChI is InChI=1S/C14H21N3O2/c18-14(17-11-13-4-2-8-19-13)5-7-16-10-12-3-1-6-15-9-12/h1,3,6,9,13,16H,2,4-5,7-8,10-11H2,(H,17,18). The van der Waals surface area contributed by atoms with E-state index < -0.39 is 0 Å².